The third-order valence-electron chi connectivity index (χ3n) is 3.45. The minimum atomic E-state index is -3.83. The van der Waals surface area contributed by atoms with Gasteiger partial charge in [0.2, 0.25) is 21.8 Å². The van der Waals surface area contributed by atoms with Gasteiger partial charge in [-0.15, -0.1) is 0 Å². The summed E-state index contributed by atoms with van der Waals surface area (Å²) in [6, 6.07) is 5.44. The van der Waals surface area contributed by atoms with E-state index in [0.29, 0.717) is 13.0 Å². The molecule has 0 fully saturated rings. The summed E-state index contributed by atoms with van der Waals surface area (Å²) in [5.74, 6) is -0.739. The zero-order valence-corrected chi connectivity index (χ0v) is 15.9. The first-order valence-corrected chi connectivity index (χ1v) is 9.77. The Kier molecular flexibility index (Phi) is 8.05. The molecule has 0 radical (unpaired) electrons. The normalized spacial score (nSPS) is 12.7. The van der Waals surface area contributed by atoms with E-state index in [4.69, 9.17) is 0 Å². The molecular weight excluding hydrogens is 342 g/mol. The Morgan fingerprint density at radius 2 is 1.68 bits per heavy atom. The summed E-state index contributed by atoms with van der Waals surface area (Å²) >= 11 is 0. The molecule has 0 heterocycles. The first-order chi connectivity index (χ1) is 11.7. The fourth-order valence-electron chi connectivity index (χ4n) is 2.20. The number of carbonyl (C=O) groups excluding carboxylic acids is 2. The number of aryl methyl sites for hydroxylation is 1. The molecule has 0 saturated carbocycles. The van der Waals surface area contributed by atoms with E-state index in [1.165, 1.54) is 12.1 Å². The van der Waals surface area contributed by atoms with Crippen molar-refractivity contribution in [2.45, 2.75) is 45.1 Å². The van der Waals surface area contributed by atoms with E-state index in [1.807, 2.05) is 20.8 Å². The van der Waals surface area contributed by atoms with Crippen molar-refractivity contribution >= 4 is 21.8 Å². The molecule has 0 spiro atoms. The average molecular weight is 369 g/mol. The standard InChI is InChI=1S/C17H27N3O4S/c1-5-18-16(21)11-19-17(22)15(10-12(2)3)20-25(23,24)14-8-6-13(4)7-9-14/h6-9,12,15,20H,5,10-11H2,1-4H3,(H,18,21)(H,19,22)/t15-/m1/s1. The molecule has 0 saturated heterocycles. The average Bonchev–Trinajstić information content (AvgIpc) is 2.52. The lowest BCUT2D eigenvalue weighted by molar-refractivity contribution is -0.127. The maximum atomic E-state index is 12.5. The van der Waals surface area contributed by atoms with E-state index in [9.17, 15) is 18.0 Å². The molecule has 0 aliphatic carbocycles. The molecule has 0 aromatic heterocycles. The second-order valence-corrected chi connectivity index (χ2v) is 8.00. The third-order valence-corrected chi connectivity index (χ3v) is 4.94. The highest BCUT2D eigenvalue weighted by atomic mass is 32.2. The van der Waals surface area contributed by atoms with E-state index >= 15 is 0 Å². The van der Waals surface area contributed by atoms with Gasteiger partial charge < -0.3 is 10.6 Å². The molecule has 1 rings (SSSR count). The van der Waals surface area contributed by atoms with Gasteiger partial charge in [-0.1, -0.05) is 31.5 Å². The second kappa shape index (κ2) is 9.53. The molecule has 140 valence electrons. The van der Waals surface area contributed by atoms with E-state index < -0.39 is 22.0 Å². The Balaban J connectivity index is 2.85. The van der Waals surface area contributed by atoms with Crippen molar-refractivity contribution in [3.8, 4) is 0 Å². The predicted octanol–water partition coefficient (Wildman–Crippen LogP) is 0.940. The van der Waals surface area contributed by atoms with Crippen molar-refractivity contribution in [2.24, 2.45) is 5.92 Å². The van der Waals surface area contributed by atoms with Crippen LogP contribution in [0.5, 0.6) is 0 Å². The van der Waals surface area contributed by atoms with Crippen molar-refractivity contribution in [1.82, 2.24) is 15.4 Å². The maximum absolute atomic E-state index is 12.5. The lowest BCUT2D eigenvalue weighted by Crippen LogP contribution is -2.49. The van der Waals surface area contributed by atoms with Crippen LogP contribution in [0.4, 0.5) is 0 Å². The summed E-state index contributed by atoms with van der Waals surface area (Å²) in [4.78, 5) is 23.9. The van der Waals surface area contributed by atoms with Crippen molar-refractivity contribution in [3.63, 3.8) is 0 Å². The van der Waals surface area contributed by atoms with Crippen molar-refractivity contribution in [1.29, 1.82) is 0 Å². The Morgan fingerprint density at radius 1 is 1.08 bits per heavy atom. The number of rotatable bonds is 9. The van der Waals surface area contributed by atoms with Gasteiger partial charge >= 0.3 is 0 Å². The van der Waals surface area contributed by atoms with E-state index in [1.54, 1.807) is 19.1 Å². The predicted molar refractivity (Wildman–Crippen MR) is 96.4 cm³/mol. The van der Waals surface area contributed by atoms with E-state index in [2.05, 4.69) is 15.4 Å². The van der Waals surface area contributed by atoms with Gasteiger partial charge in [-0.05, 0) is 38.3 Å². The Hall–Kier alpha value is -1.93. The highest BCUT2D eigenvalue weighted by Gasteiger charge is 2.26. The van der Waals surface area contributed by atoms with Crippen molar-refractivity contribution < 1.29 is 18.0 Å². The number of hydrogen-bond acceptors (Lipinski definition) is 4. The molecule has 7 nitrogen and oxygen atoms in total. The van der Waals surface area contributed by atoms with Crippen LogP contribution in [0, 0.1) is 12.8 Å². The molecule has 1 aromatic carbocycles. The number of sulfonamides is 1. The maximum Gasteiger partial charge on any atom is 0.241 e. The lowest BCUT2D eigenvalue weighted by Gasteiger charge is -2.20. The molecule has 0 bridgehead atoms. The van der Waals surface area contributed by atoms with Crippen LogP contribution in [0.25, 0.3) is 0 Å². The summed E-state index contributed by atoms with van der Waals surface area (Å²) < 4.78 is 27.5. The zero-order valence-electron chi connectivity index (χ0n) is 15.1. The molecule has 0 aliphatic rings. The number of nitrogens with one attached hydrogen (secondary N) is 3. The molecular formula is C17H27N3O4S. The van der Waals surface area contributed by atoms with Crippen LogP contribution in [0.2, 0.25) is 0 Å². The lowest BCUT2D eigenvalue weighted by atomic mass is 10.0. The van der Waals surface area contributed by atoms with Crippen LogP contribution < -0.4 is 15.4 Å². The largest absolute Gasteiger partial charge is 0.355 e. The highest BCUT2D eigenvalue weighted by Crippen LogP contribution is 2.13. The number of benzene rings is 1. The second-order valence-electron chi connectivity index (χ2n) is 6.29. The van der Waals surface area contributed by atoms with Crippen molar-refractivity contribution in [2.75, 3.05) is 13.1 Å². The summed E-state index contributed by atoms with van der Waals surface area (Å²) in [5.41, 5.74) is 0.942. The van der Waals surface area contributed by atoms with E-state index in [0.717, 1.165) is 5.56 Å². The fourth-order valence-corrected chi connectivity index (χ4v) is 3.41. The van der Waals surface area contributed by atoms with Crippen LogP contribution in [0.1, 0.15) is 32.8 Å². The minimum absolute atomic E-state index is 0.0981. The number of carbonyl (C=O) groups is 2. The summed E-state index contributed by atoms with van der Waals surface area (Å²) in [6.45, 7) is 7.70. The topological polar surface area (TPSA) is 104 Å². The summed E-state index contributed by atoms with van der Waals surface area (Å²) in [7, 11) is -3.83. The fraction of sp³-hybridized carbons (Fsp3) is 0.529. The summed E-state index contributed by atoms with van der Waals surface area (Å²) in [6.07, 6.45) is 0.326. The smallest absolute Gasteiger partial charge is 0.241 e. The number of amides is 2. The third kappa shape index (κ3) is 7.23. The summed E-state index contributed by atoms with van der Waals surface area (Å²) in [5, 5.41) is 5.05. The molecule has 0 unspecified atom stereocenters. The van der Waals surface area contributed by atoms with Gasteiger partial charge in [-0.25, -0.2) is 8.42 Å². The zero-order chi connectivity index (χ0) is 19.0. The van der Waals surface area contributed by atoms with Crippen molar-refractivity contribution in [3.05, 3.63) is 29.8 Å². The first-order valence-electron chi connectivity index (χ1n) is 8.29. The quantitative estimate of drug-likeness (QED) is 0.602. The highest BCUT2D eigenvalue weighted by molar-refractivity contribution is 7.89. The minimum Gasteiger partial charge on any atom is -0.355 e. The first kappa shape index (κ1) is 21.1. The van der Waals surface area contributed by atoms with Crippen LogP contribution in [0.15, 0.2) is 29.2 Å². The number of likely N-dealkylation sites (N-methyl/N-ethyl adjacent to an activating group) is 1. The van der Waals surface area contributed by atoms with Crippen LogP contribution in [-0.2, 0) is 19.6 Å². The van der Waals surface area contributed by atoms with Gasteiger partial charge in [0.25, 0.3) is 0 Å². The van der Waals surface area contributed by atoms with Crippen LogP contribution >= 0.6 is 0 Å². The van der Waals surface area contributed by atoms with Gasteiger partial charge in [0.15, 0.2) is 0 Å². The van der Waals surface area contributed by atoms with Gasteiger partial charge in [0.1, 0.15) is 6.04 Å². The monoisotopic (exact) mass is 369 g/mol. The Labute approximate surface area is 149 Å². The van der Waals surface area contributed by atoms with Gasteiger partial charge in [-0.3, -0.25) is 9.59 Å². The molecule has 1 aromatic rings. The molecule has 0 aliphatic heterocycles. The van der Waals surface area contributed by atoms with Gasteiger partial charge in [0.05, 0.1) is 11.4 Å². The van der Waals surface area contributed by atoms with E-state index in [-0.39, 0.29) is 23.3 Å². The molecule has 2 amide bonds. The molecule has 8 heteroatoms. The Bertz CT molecular complexity index is 684. The van der Waals surface area contributed by atoms with Gasteiger partial charge in [0, 0.05) is 6.54 Å². The SMILES string of the molecule is CCNC(=O)CNC(=O)[C@@H](CC(C)C)NS(=O)(=O)c1ccc(C)cc1. The van der Waals surface area contributed by atoms with Crippen LogP contribution in [0.3, 0.4) is 0 Å². The molecule has 25 heavy (non-hydrogen) atoms. The molecule has 1 atom stereocenters. The Morgan fingerprint density at radius 3 is 2.20 bits per heavy atom. The molecule has 3 N–H and O–H groups in total. The van der Waals surface area contributed by atoms with Crippen LogP contribution in [-0.4, -0.2) is 39.4 Å². The van der Waals surface area contributed by atoms with Gasteiger partial charge in [-0.2, -0.15) is 4.72 Å². The number of hydrogen-bond donors (Lipinski definition) is 3.